The fraction of sp³-hybridized carbons (Fsp3) is 0.429. The van der Waals surface area contributed by atoms with Crippen LogP contribution in [-0.2, 0) is 25.8 Å². The van der Waals surface area contributed by atoms with Crippen molar-refractivity contribution in [3.63, 3.8) is 0 Å². The number of aromatic amines is 2. The zero-order chi connectivity index (χ0) is 15.3. The molecule has 0 saturated carbocycles. The van der Waals surface area contributed by atoms with Crippen LogP contribution in [0.2, 0.25) is 0 Å². The van der Waals surface area contributed by atoms with E-state index >= 15 is 0 Å². The lowest BCUT2D eigenvalue weighted by Gasteiger charge is -2.26. The Morgan fingerprint density at radius 1 is 1.00 bits per heavy atom. The summed E-state index contributed by atoms with van der Waals surface area (Å²) in [7, 11) is 0. The number of rotatable bonds is 2. The van der Waals surface area contributed by atoms with E-state index in [2.05, 4.69) is 20.4 Å². The van der Waals surface area contributed by atoms with Gasteiger partial charge in [-0.05, 0) is 25.7 Å². The van der Waals surface area contributed by atoms with Crippen LogP contribution in [0.15, 0.2) is 0 Å². The Balaban J connectivity index is 1.59. The maximum absolute atomic E-state index is 12.7. The molecule has 22 heavy (non-hydrogen) atoms. The number of aromatic nitrogens is 4. The van der Waals surface area contributed by atoms with Gasteiger partial charge in [0.2, 0.25) is 0 Å². The highest BCUT2D eigenvalue weighted by Gasteiger charge is 2.31. The number of amides is 1. The Morgan fingerprint density at radius 2 is 1.73 bits per heavy atom. The van der Waals surface area contributed by atoms with Crippen molar-refractivity contribution in [2.75, 3.05) is 6.54 Å². The van der Waals surface area contributed by atoms with Gasteiger partial charge in [-0.3, -0.25) is 15.0 Å². The molecule has 0 unspecified atom stereocenters. The number of aryl methyl sites for hydroxylation is 1. The van der Waals surface area contributed by atoms with Crippen LogP contribution in [0.5, 0.6) is 0 Å². The third kappa shape index (κ3) is 1.83. The van der Waals surface area contributed by atoms with E-state index in [1.165, 1.54) is 0 Å². The minimum absolute atomic E-state index is 0.0581. The second-order valence-electron chi connectivity index (χ2n) is 5.69. The van der Waals surface area contributed by atoms with Crippen LogP contribution in [0.1, 0.15) is 49.9 Å². The van der Waals surface area contributed by atoms with Gasteiger partial charge in [0.1, 0.15) is 0 Å². The zero-order valence-corrected chi connectivity index (χ0v) is 11.8. The Labute approximate surface area is 125 Å². The summed E-state index contributed by atoms with van der Waals surface area (Å²) in [6.07, 6.45) is 3.38. The van der Waals surface area contributed by atoms with Gasteiger partial charge in [0, 0.05) is 23.4 Å². The summed E-state index contributed by atoms with van der Waals surface area (Å²) in [6.45, 7) is 0.823. The Bertz CT molecular complexity index is 776. The van der Waals surface area contributed by atoms with Crippen LogP contribution in [-0.4, -0.2) is 48.8 Å². The highest BCUT2D eigenvalue weighted by Crippen LogP contribution is 2.26. The first-order chi connectivity index (χ1) is 10.6. The molecule has 1 aliphatic heterocycles. The number of H-pyrrole nitrogens is 2. The molecule has 0 atom stereocenters. The minimum Gasteiger partial charge on any atom is -0.476 e. The number of carbonyl (C=O) groups is 2. The van der Waals surface area contributed by atoms with Gasteiger partial charge in [0.15, 0.2) is 11.4 Å². The van der Waals surface area contributed by atoms with Crippen molar-refractivity contribution in [2.45, 2.75) is 32.2 Å². The van der Waals surface area contributed by atoms with Crippen LogP contribution in [0.3, 0.4) is 0 Å². The molecule has 0 bridgehead atoms. The lowest BCUT2D eigenvalue weighted by molar-refractivity contribution is 0.0689. The molecule has 0 aromatic carbocycles. The van der Waals surface area contributed by atoms with Crippen LogP contribution < -0.4 is 0 Å². The number of carboxylic acids is 1. The van der Waals surface area contributed by atoms with E-state index < -0.39 is 5.97 Å². The quantitative estimate of drug-likeness (QED) is 0.748. The van der Waals surface area contributed by atoms with Crippen LogP contribution in [0.25, 0.3) is 0 Å². The molecule has 8 heteroatoms. The van der Waals surface area contributed by atoms with E-state index in [9.17, 15) is 9.59 Å². The molecule has 8 nitrogen and oxygen atoms in total. The molecule has 2 aliphatic rings. The van der Waals surface area contributed by atoms with Crippen LogP contribution in [0.4, 0.5) is 0 Å². The molecular formula is C14H15N5O3. The molecular weight excluding hydrogens is 286 g/mol. The third-order valence-corrected chi connectivity index (χ3v) is 4.43. The van der Waals surface area contributed by atoms with E-state index in [1.807, 2.05) is 0 Å². The predicted molar refractivity (Wildman–Crippen MR) is 74.6 cm³/mol. The topological polar surface area (TPSA) is 115 Å². The fourth-order valence-corrected chi connectivity index (χ4v) is 3.31. The van der Waals surface area contributed by atoms with Crippen molar-refractivity contribution in [3.05, 3.63) is 33.9 Å². The Morgan fingerprint density at radius 3 is 2.55 bits per heavy atom. The summed E-state index contributed by atoms with van der Waals surface area (Å²) >= 11 is 0. The number of hydrogen-bond acceptors (Lipinski definition) is 4. The predicted octanol–water partition coefficient (Wildman–Crippen LogP) is 0.518. The van der Waals surface area contributed by atoms with Gasteiger partial charge in [-0.1, -0.05) is 0 Å². The average molecular weight is 301 g/mol. The minimum atomic E-state index is -1.04. The standard InChI is InChI=1S/C14H15N5O3/c20-13(11-7-2-1-3-9(7)15-17-11)19-5-4-8-10(6-19)16-18-12(8)14(21)22/h1-6H2,(H,15,17)(H,16,18)(H,21,22). The molecule has 1 aliphatic carbocycles. The van der Waals surface area contributed by atoms with Gasteiger partial charge >= 0.3 is 5.97 Å². The summed E-state index contributed by atoms with van der Waals surface area (Å²) in [6, 6.07) is 0. The first kappa shape index (κ1) is 13.1. The van der Waals surface area contributed by atoms with Gasteiger partial charge < -0.3 is 10.0 Å². The SMILES string of the molecule is O=C(O)c1n[nH]c2c1CCN(C(=O)c1n[nH]c3c1CCC3)C2. The largest absolute Gasteiger partial charge is 0.476 e. The lowest BCUT2D eigenvalue weighted by Crippen LogP contribution is -2.36. The van der Waals surface area contributed by atoms with Gasteiger partial charge in [-0.2, -0.15) is 10.2 Å². The third-order valence-electron chi connectivity index (χ3n) is 4.43. The van der Waals surface area contributed by atoms with E-state index in [-0.39, 0.29) is 11.6 Å². The number of nitrogens with zero attached hydrogens (tertiary/aromatic N) is 3. The second kappa shape index (κ2) is 4.69. The smallest absolute Gasteiger partial charge is 0.356 e. The number of hydrogen-bond donors (Lipinski definition) is 3. The number of nitrogens with one attached hydrogen (secondary N) is 2. The number of aromatic carboxylic acids is 1. The van der Waals surface area contributed by atoms with Gasteiger partial charge in [0.05, 0.1) is 12.2 Å². The Kier molecular flexibility index (Phi) is 2.78. The van der Waals surface area contributed by atoms with E-state index in [1.54, 1.807) is 4.90 Å². The fourth-order valence-electron chi connectivity index (χ4n) is 3.31. The van der Waals surface area contributed by atoms with E-state index in [0.29, 0.717) is 36.5 Å². The first-order valence-electron chi connectivity index (χ1n) is 7.30. The monoisotopic (exact) mass is 301 g/mol. The molecule has 2 aromatic rings. The number of carboxylic acid groups (broad SMARTS) is 1. The number of fused-ring (bicyclic) bond motifs is 2. The first-order valence-corrected chi connectivity index (χ1v) is 7.30. The molecule has 0 fully saturated rings. The molecule has 1 amide bonds. The second-order valence-corrected chi connectivity index (χ2v) is 5.69. The molecule has 3 heterocycles. The molecule has 0 spiro atoms. The van der Waals surface area contributed by atoms with E-state index in [0.717, 1.165) is 30.5 Å². The Hall–Kier alpha value is -2.64. The summed E-state index contributed by atoms with van der Waals surface area (Å²) in [5, 5.41) is 22.8. The normalized spacial score (nSPS) is 16.5. The molecule has 4 rings (SSSR count). The molecule has 2 aromatic heterocycles. The van der Waals surface area contributed by atoms with Crippen molar-refractivity contribution < 1.29 is 14.7 Å². The number of carbonyl (C=O) groups excluding carboxylic acids is 1. The molecule has 3 N–H and O–H groups in total. The van der Waals surface area contributed by atoms with E-state index in [4.69, 9.17) is 5.11 Å². The molecule has 114 valence electrons. The van der Waals surface area contributed by atoms with Gasteiger partial charge in [-0.25, -0.2) is 4.79 Å². The van der Waals surface area contributed by atoms with Crippen LogP contribution in [0, 0.1) is 0 Å². The van der Waals surface area contributed by atoms with Crippen molar-refractivity contribution in [3.8, 4) is 0 Å². The van der Waals surface area contributed by atoms with Crippen molar-refractivity contribution >= 4 is 11.9 Å². The summed E-state index contributed by atoms with van der Waals surface area (Å²) < 4.78 is 0. The summed E-state index contributed by atoms with van der Waals surface area (Å²) in [5.74, 6) is -1.14. The van der Waals surface area contributed by atoms with Crippen LogP contribution >= 0.6 is 0 Å². The maximum atomic E-state index is 12.7. The maximum Gasteiger partial charge on any atom is 0.356 e. The highest BCUT2D eigenvalue weighted by atomic mass is 16.4. The lowest BCUT2D eigenvalue weighted by atomic mass is 10.0. The highest BCUT2D eigenvalue weighted by molar-refractivity contribution is 5.94. The summed E-state index contributed by atoms with van der Waals surface area (Å²) in [5.41, 5.74) is 4.06. The van der Waals surface area contributed by atoms with Gasteiger partial charge in [0.25, 0.3) is 5.91 Å². The molecule has 0 radical (unpaired) electrons. The van der Waals surface area contributed by atoms with Gasteiger partial charge in [-0.15, -0.1) is 0 Å². The average Bonchev–Trinajstić information content (AvgIpc) is 3.20. The summed E-state index contributed by atoms with van der Waals surface area (Å²) in [4.78, 5) is 25.4. The van der Waals surface area contributed by atoms with Crippen molar-refractivity contribution in [1.29, 1.82) is 0 Å². The van der Waals surface area contributed by atoms with Crippen molar-refractivity contribution in [2.24, 2.45) is 0 Å². The molecule has 0 saturated heterocycles. The van der Waals surface area contributed by atoms with Crippen molar-refractivity contribution in [1.82, 2.24) is 25.3 Å². The zero-order valence-electron chi connectivity index (χ0n) is 11.8.